The van der Waals surface area contributed by atoms with E-state index >= 15 is 0 Å². The Balaban J connectivity index is 1.79. The molecule has 4 nitrogen and oxygen atoms in total. The minimum atomic E-state index is -0.419. The molecule has 148 valence electrons. The zero-order chi connectivity index (χ0) is 20.6. The molecule has 0 aliphatic heterocycles. The van der Waals surface area contributed by atoms with Crippen molar-refractivity contribution in [1.29, 1.82) is 0 Å². The lowest BCUT2D eigenvalue weighted by atomic mass is 10.0. The number of carbonyl (C=O) groups excluding carboxylic acids is 2. The van der Waals surface area contributed by atoms with Crippen molar-refractivity contribution in [2.24, 2.45) is 0 Å². The van der Waals surface area contributed by atoms with Gasteiger partial charge in [0.1, 0.15) is 0 Å². The zero-order valence-corrected chi connectivity index (χ0v) is 16.8. The first kappa shape index (κ1) is 20.3. The highest BCUT2D eigenvalue weighted by atomic mass is 16.2. The van der Waals surface area contributed by atoms with Gasteiger partial charge >= 0.3 is 0 Å². The molecule has 1 atom stereocenters. The van der Waals surface area contributed by atoms with E-state index in [1.165, 1.54) is 0 Å². The highest BCUT2D eigenvalue weighted by Gasteiger charge is 2.20. The quantitative estimate of drug-likeness (QED) is 0.596. The summed E-state index contributed by atoms with van der Waals surface area (Å²) in [5, 5.41) is 6.06. The summed E-state index contributed by atoms with van der Waals surface area (Å²) in [5.74, 6) is -0.325. The van der Waals surface area contributed by atoms with E-state index in [1.807, 2.05) is 73.7 Å². The molecular weight excluding hydrogens is 360 g/mol. The van der Waals surface area contributed by atoms with Crippen LogP contribution in [0.2, 0.25) is 0 Å². The van der Waals surface area contributed by atoms with Gasteiger partial charge < -0.3 is 10.6 Å². The van der Waals surface area contributed by atoms with Crippen LogP contribution in [0.1, 0.15) is 46.4 Å². The van der Waals surface area contributed by atoms with Crippen LogP contribution >= 0.6 is 0 Å². The first-order valence-electron chi connectivity index (χ1n) is 9.87. The smallest absolute Gasteiger partial charge is 0.251 e. The van der Waals surface area contributed by atoms with E-state index in [1.54, 1.807) is 12.1 Å². The van der Waals surface area contributed by atoms with E-state index in [4.69, 9.17) is 0 Å². The number of amides is 2. The Morgan fingerprint density at radius 2 is 1.52 bits per heavy atom. The van der Waals surface area contributed by atoms with Gasteiger partial charge in [-0.1, -0.05) is 73.7 Å². The van der Waals surface area contributed by atoms with Crippen LogP contribution in [0.5, 0.6) is 0 Å². The molecule has 0 saturated carbocycles. The summed E-state index contributed by atoms with van der Waals surface area (Å²) < 4.78 is 0. The third-order valence-electron chi connectivity index (χ3n) is 4.94. The van der Waals surface area contributed by atoms with E-state index in [0.29, 0.717) is 5.56 Å². The minimum absolute atomic E-state index is 0.129. The van der Waals surface area contributed by atoms with Gasteiger partial charge in [0.15, 0.2) is 0 Å². The van der Waals surface area contributed by atoms with Crippen LogP contribution < -0.4 is 10.6 Å². The van der Waals surface area contributed by atoms with Crippen LogP contribution in [0.4, 0.5) is 5.69 Å². The number of hydrogen-bond donors (Lipinski definition) is 2. The maximum Gasteiger partial charge on any atom is 0.251 e. The molecule has 0 aliphatic rings. The van der Waals surface area contributed by atoms with Crippen molar-refractivity contribution >= 4 is 17.5 Å². The van der Waals surface area contributed by atoms with Crippen LogP contribution in [-0.2, 0) is 11.2 Å². The molecule has 0 saturated heterocycles. The molecule has 0 heterocycles. The average Bonchev–Trinajstić information content (AvgIpc) is 2.76. The van der Waals surface area contributed by atoms with Gasteiger partial charge in [-0.3, -0.25) is 9.59 Å². The summed E-state index contributed by atoms with van der Waals surface area (Å²) in [4.78, 5) is 25.6. The maximum atomic E-state index is 12.9. The molecule has 0 aliphatic carbocycles. The summed E-state index contributed by atoms with van der Waals surface area (Å²) in [6, 6.07) is 24.2. The average molecular weight is 386 g/mol. The van der Waals surface area contributed by atoms with Gasteiger partial charge in [-0.05, 0) is 42.2 Å². The van der Waals surface area contributed by atoms with E-state index in [2.05, 4.69) is 17.6 Å². The lowest BCUT2D eigenvalue weighted by Gasteiger charge is -2.20. The van der Waals surface area contributed by atoms with Gasteiger partial charge in [0.2, 0.25) is 5.91 Å². The molecule has 0 unspecified atom stereocenters. The molecule has 29 heavy (non-hydrogen) atoms. The van der Waals surface area contributed by atoms with Crippen LogP contribution in [0, 0.1) is 6.92 Å². The number of rotatable bonds is 7. The monoisotopic (exact) mass is 386 g/mol. The lowest BCUT2D eigenvalue weighted by Crippen LogP contribution is -2.31. The number of aryl methyl sites for hydroxylation is 2. The number of anilines is 1. The molecule has 3 rings (SSSR count). The fourth-order valence-electron chi connectivity index (χ4n) is 3.35. The lowest BCUT2D eigenvalue weighted by molar-refractivity contribution is -0.116. The topological polar surface area (TPSA) is 58.2 Å². The molecule has 2 N–H and O–H groups in total. The summed E-state index contributed by atoms with van der Waals surface area (Å²) >= 11 is 0. The van der Waals surface area contributed by atoms with Crippen molar-refractivity contribution in [3.8, 4) is 0 Å². The second kappa shape index (κ2) is 9.69. The van der Waals surface area contributed by atoms with Crippen molar-refractivity contribution in [2.45, 2.75) is 32.7 Å². The molecule has 3 aromatic rings. The summed E-state index contributed by atoms with van der Waals surface area (Å²) in [5.41, 5.74) is 4.46. The van der Waals surface area contributed by atoms with E-state index in [9.17, 15) is 9.59 Å². The fourth-order valence-corrected chi connectivity index (χ4v) is 3.35. The number of hydrogen-bond acceptors (Lipinski definition) is 2. The van der Waals surface area contributed by atoms with Gasteiger partial charge in [0, 0.05) is 11.3 Å². The highest BCUT2D eigenvalue weighted by Crippen LogP contribution is 2.23. The Kier molecular flexibility index (Phi) is 6.80. The van der Waals surface area contributed by atoms with Crippen molar-refractivity contribution in [1.82, 2.24) is 5.32 Å². The van der Waals surface area contributed by atoms with Gasteiger partial charge in [0.25, 0.3) is 5.91 Å². The van der Waals surface area contributed by atoms with Gasteiger partial charge in [-0.15, -0.1) is 0 Å². The summed E-state index contributed by atoms with van der Waals surface area (Å²) in [6.45, 7) is 4.05. The largest absolute Gasteiger partial charge is 0.345 e. The Labute approximate surface area is 172 Å². The molecule has 0 fully saturated rings. The Morgan fingerprint density at radius 3 is 2.17 bits per heavy atom. The Bertz CT molecular complexity index is 969. The fraction of sp³-hybridized carbons (Fsp3) is 0.200. The molecule has 0 aromatic heterocycles. The molecule has 0 radical (unpaired) electrons. The molecule has 0 bridgehead atoms. The van der Waals surface area contributed by atoms with Crippen molar-refractivity contribution in [3.05, 3.63) is 101 Å². The van der Waals surface area contributed by atoms with E-state index < -0.39 is 6.04 Å². The van der Waals surface area contributed by atoms with Crippen molar-refractivity contribution in [3.63, 3.8) is 0 Å². The predicted octanol–water partition coefficient (Wildman–Crippen LogP) is 5.06. The first-order valence-corrected chi connectivity index (χ1v) is 9.87. The zero-order valence-electron chi connectivity index (χ0n) is 16.8. The second-order valence-electron chi connectivity index (χ2n) is 7.02. The number of carbonyl (C=O) groups is 2. The van der Waals surface area contributed by atoms with Crippen molar-refractivity contribution in [2.75, 3.05) is 5.32 Å². The normalized spacial score (nSPS) is 11.5. The predicted molar refractivity (Wildman–Crippen MR) is 117 cm³/mol. The Morgan fingerprint density at radius 1 is 0.862 bits per heavy atom. The van der Waals surface area contributed by atoms with Crippen LogP contribution in [0.15, 0.2) is 78.9 Å². The summed E-state index contributed by atoms with van der Waals surface area (Å²) in [7, 11) is 0. The molecule has 3 aromatic carbocycles. The van der Waals surface area contributed by atoms with Gasteiger partial charge in [-0.2, -0.15) is 0 Å². The highest BCUT2D eigenvalue weighted by molar-refractivity contribution is 5.96. The Hall–Kier alpha value is -3.40. The minimum Gasteiger partial charge on any atom is -0.345 e. The number of para-hydroxylation sites is 1. The second-order valence-corrected chi connectivity index (χ2v) is 7.02. The molecular formula is C25H26N2O2. The maximum absolute atomic E-state index is 12.9. The third kappa shape index (κ3) is 5.32. The summed E-state index contributed by atoms with van der Waals surface area (Å²) in [6.07, 6.45) is 0.990. The third-order valence-corrected chi connectivity index (χ3v) is 4.94. The van der Waals surface area contributed by atoms with Gasteiger partial charge in [0.05, 0.1) is 12.5 Å². The van der Waals surface area contributed by atoms with E-state index in [0.717, 1.165) is 28.8 Å². The number of benzene rings is 3. The molecule has 2 amide bonds. The van der Waals surface area contributed by atoms with Gasteiger partial charge in [-0.25, -0.2) is 0 Å². The first-order chi connectivity index (χ1) is 14.1. The van der Waals surface area contributed by atoms with Crippen LogP contribution in [0.3, 0.4) is 0 Å². The molecule has 0 spiro atoms. The number of nitrogens with one attached hydrogen (secondary N) is 2. The SMILES string of the molecule is CCc1cccc(C)c1NC(=O)C[C@@H](NC(=O)c1ccccc1)c1ccccc1. The standard InChI is InChI=1S/C25H26N2O2/c1-3-19-16-10-11-18(2)24(19)27-23(28)17-22(20-12-6-4-7-13-20)26-25(29)21-14-8-5-9-15-21/h4-16,22H,3,17H2,1-2H3,(H,26,29)(H,27,28)/t22-/m1/s1. The van der Waals surface area contributed by atoms with E-state index in [-0.39, 0.29) is 18.2 Å². The van der Waals surface area contributed by atoms with Crippen LogP contribution in [0.25, 0.3) is 0 Å². The van der Waals surface area contributed by atoms with Crippen molar-refractivity contribution < 1.29 is 9.59 Å². The van der Waals surface area contributed by atoms with Crippen LogP contribution in [-0.4, -0.2) is 11.8 Å². The molecule has 4 heteroatoms.